The van der Waals surface area contributed by atoms with Gasteiger partial charge in [-0.25, -0.2) is 9.48 Å². The molecule has 0 fully saturated rings. The molecule has 1 unspecified atom stereocenters. The Labute approximate surface area is 142 Å². The number of nitrogens with zero attached hydrogens (tertiary/aromatic N) is 2. The molecule has 2 aromatic rings. The number of aliphatic hydroxyl groups excluding tert-OH is 1. The minimum absolute atomic E-state index is 0.0439. The first-order valence-corrected chi connectivity index (χ1v) is 8.26. The highest BCUT2D eigenvalue weighted by molar-refractivity contribution is 5.88. The van der Waals surface area contributed by atoms with Crippen molar-refractivity contribution in [1.82, 2.24) is 15.1 Å². The summed E-state index contributed by atoms with van der Waals surface area (Å²) in [5, 5.41) is 19.1. The SMILES string of the molecule is CCC(CCO)NC(=O)Nc1cc(C)n(-c2cc(C)cc(C)c2)n1. The van der Waals surface area contributed by atoms with Gasteiger partial charge in [0.1, 0.15) is 0 Å². The van der Waals surface area contributed by atoms with Crippen LogP contribution in [0.5, 0.6) is 0 Å². The van der Waals surface area contributed by atoms with E-state index in [2.05, 4.69) is 33.9 Å². The van der Waals surface area contributed by atoms with Gasteiger partial charge in [0.15, 0.2) is 5.82 Å². The lowest BCUT2D eigenvalue weighted by Crippen LogP contribution is -2.38. The summed E-state index contributed by atoms with van der Waals surface area (Å²) < 4.78 is 1.82. The largest absolute Gasteiger partial charge is 0.396 e. The highest BCUT2D eigenvalue weighted by atomic mass is 16.3. The Kier molecular flexibility index (Phi) is 5.98. The molecule has 24 heavy (non-hydrogen) atoms. The van der Waals surface area contributed by atoms with Gasteiger partial charge >= 0.3 is 6.03 Å². The van der Waals surface area contributed by atoms with Crippen LogP contribution in [0.2, 0.25) is 0 Å². The molecule has 1 atom stereocenters. The van der Waals surface area contributed by atoms with Crippen LogP contribution in [-0.4, -0.2) is 33.6 Å². The molecule has 0 aliphatic rings. The van der Waals surface area contributed by atoms with Gasteiger partial charge in [0.2, 0.25) is 0 Å². The van der Waals surface area contributed by atoms with Crippen molar-refractivity contribution in [2.75, 3.05) is 11.9 Å². The first-order valence-electron chi connectivity index (χ1n) is 8.26. The summed E-state index contributed by atoms with van der Waals surface area (Å²) in [6.07, 6.45) is 1.31. The van der Waals surface area contributed by atoms with Crippen LogP contribution in [-0.2, 0) is 0 Å². The summed E-state index contributed by atoms with van der Waals surface area (Å²) in [4.78, 5) is 12.1. The molecule has 2 rings (SSSR count). The molecular weight excluding hydrogens is 304 g/mol. The van der Waals surface area contributed by atoms with E-state index in [4.69, 9.17) is 5.11 Å². The van der Waals surface area contributed by atoms with Gasteiger partial charge in [0.05, 0.1) is 5.69 Å². The van der Waals surface area contributed by atoms with Crippen LogP contribution >= 0.6 is 0 Å². The van der Waals surface area contributed by atoms with Gasteiger partial charge in [-0.1, -0.05) is 13.0 Å². The Morgan fingerprint density at radius 2 is 1.88 bits per heavy atom. The third kappa shape index (κ3) is 4.58. The van der Waals surface area contributed by atoms with Gasteiger partial charge in [-0.15, -0.1) is 5.10 Å². The highest BCUT2D eigenvalue weighted by Crippen LogP contribution is 2.18. The summed E-state index contributed by atoms with van der Waals surface area (Å²) in [6, 6.07) is 7.72. The maximum atomic E-state index is 12.1. The minimum atomic E-state index is -0.305. The normalized spacial score (nSPS) is 12.0. The topological polar surface area (TPSA) is 79.2 Å². The average Bonchev–Trinajstić information content (AvgIpc) is 2.86. The van der Waals surface area contributed by atoms with Crippen molar-refractivity contribution in [2.24, 2.45) is 0 Å². The van der Waals surface area contributed by atoms with Crippen molar-refractivity contribution in [3.05, 3.63) is 41.1 Å². The standard InChI is InChI=1S/C18H26N4O2/c1-5-15(6-7-23)19-18(24)20-17-11-14(4)22(21-17)16-9-12(2)8-13(3)10-16/h8-11,15,23H,5-7H2,1-4H3,(H2,19,20,21,24). The molecule has 1 aromatic heterocycles. The molecule has 3 N–H and O–H groups in total. The lowest BCUT2D eigenvalue weighted by atomic mass is 10.1. The molecule has 6 heteroatoms. The number of urea groups is 1. The van der Waals surface area contributed by atoms with E-state index in [0.29, 0.717) is 12.2 Å². The molecule has 1 aromatic carbocycles. The molecule has 0 saturated heterocycles. The third-order valence-corrected chi connectivity index (χ3v) is 3.89. The van der Waals surface area contributed by atoms with Gasteiger partial charge in [-0.2, -0.15) is 0 Å². The number of aromatic nitrogens is 2. The van der Waals surface area contributed by atoms with Crippen molar-refractivity contribution < 1.29 is 9.90 Å². The number of aliphatic hydroxyl groups is 1. The van der Waals surface area contributed by atoms with Crippen LogP contribution in [0.3, 0.4) is 0 Å². The molecule has 2 amide bonds. The lowest BCUT2D eigenvalue weighted by Gasteiger charge is -2.15. The summed E-state index contributed by atoms with van der Waals surface area (Å²) in [5.41, 5.74) is 4.26. The first-order chi connectivity index (χ1) is 11.4. The first kappa shape index (κ1) is 18.0. The van der Waals surface area contributed by atoms with Crippen molar-refractivity contribution >= 4 is 11.8 Å². The van der Waals surface area contributed by atoms with E-state index in [1.807, 2.05) is 38.4 Å². The number of carbonyl (C=O) groups is 1. The van der Waals surface area contributed by atoms with E-state index in [0.717, 1.165) is 17.8 Å². The van der Waals surface area contributed by atoms with Gasteiger partial charge in [0, 0.05) is 24.4 Å². The van der Waals surface area contributed by atoms with E-state index < -0.39 is 0 Å². The third-order valence-electron chi connectivity index (χ3n) is 3.89. The molecule has 130 valence electrons. The Morgan fingerprint density at radius 1 is 1.21 bits per heavy atom. The number of aryl methyl sites for hydroxylation is 3. The van der Waals surface area contributed by atoms with Crippen molar-refractivity contribution in [3.8, 4) is 5.69 Å². The quantitative estimate of drug-likeness (QED) is 0.761. The Balaban J connectivity index is 2.12. The predicted octanol–water partition coefficient (Wildman–Crippen LogP) is 3.08. The fourth-order valence-electron chi connectivity index (χ4n) is 2.74. The molecule has 0 aliphatic carbocycles. The van der Waals surface area contributed by atoms with Gasteiger partial charge < -0.3 is 10.4 Å². The van der Waals surface area contributed by atoms with Gasteiger partial charge in [0.25, 0.3) is 0 Å². The maximum absolute atomic E-state index is 12.1. The number of hydrogen-bond donors (Lipinski definition) is 3. The predicted molar refractivity (Wildman–Crippen MR) is 95.7 cm³/mol. The van der Waals surface area contributed by atoms with Crippen LogP contribution in [0.25, 0.3) is 5.69 Å². The smallest absolute Gasteiger partial charge is 0.320 e. The second-order valence-electron chi connectivity index (χ2n) is 6.14. The van der Waals surface area contributed by atoms with Crippen molar-refractivity contribution in [2.45, 2.75) is 46.6 Å². The number of hydrogen-bond acceptors (Lipinski definition) is 3. The van der Waals surface area contributed by atoms with Crippen molar-refractivity contribution in [3.63, 3.8) is 0 Å². The Bertz CT molecular complexity index is 689. The zero-order valence-corrected chi connectivity index (χ0v) is 14.8. The lowest BCUT2D eigenvalue weighted by molar-refractivity contribution is 0.237. The van der Waals surface area contributed by atoms with Gasteiger partial charge in [-0.05, 0) is 56.9 Å². The number of amides is 2. The van der Waals surface area contributed by atoms with Crippen LogP contribution < -0.4 is 10.6 Å². The highest BCUT2D eigenvalue weighted by Gasteiger charge is 2.13. The van der Waals surface area contributed by atoms with E-state index in [1.54, 1.807) is 0 Å². The summed E-state index contributed by atoms with van der Waals surface area (Å²) in [5.74, 6) is 0.503. The molecule has 0 bridgehead atoms. The number of nitrogens with one attached hydrogen (secondary N) is 2. The number of anilines is 1. The molecular formula is C18H26N4O2. The van der Waals surface area contributed by atoms with Crippen LogP contribution in [0.15, 0.2) is 24.3 Å². The molecule has 1 heterocycles. The fraction of sp³-hybridized carbons (Fsp3) is 0.444. The summed E-state index contributed by atoms with van der Waals surface area (Å²) in [7, 11) is 0. The van der Waals surface area contributed by atoms with E-state index in [-0.39, 0.29) is 18.7 Å². The molecule has 6 nitrogen and oxygen atoms in total. The van der Waals surface area contributed by atoms with Crippen molar-refractivity contribution in [1.29, 1.82) is 0 Å². The Morgan fingerprint density at radius 3 is 2.46 bits per heavy atom. The monoisotopic (exact) mass is 330 g/mol. The molecule has 0 aliphatic heterocycles. The molecule has 0 spiro atoms. The second-order valence-corrected chi connectivity index (χ2v) is 6.14. The second kappa shape index (κ2) is 7.97. The molecule has 0 radical (unpaired) electrons. The van der Waals surface area contributed by atoms with Crippen LogP contribution in [0.1, 0.15) is 36.6 Å². The van der Waals surface area contributed by atoms with E-state index in [1.165, 1.54) is 11.1 Å². The fourth-order valence-corrected chi connectivity index (χ4v) is 2.74. The minimum Gasteiger partial charge on any atom is -0.396 e. The number of carbonyl (C=O) groups excluding carboxylic acids is 1. The van der Waals surface area contributed by atoms with E-state index >= 15 is 0 Å². The van der Waals surface area contributed by atoms with Crippen LogP contribution in [0.4, 0.5) is 10.6 Å². The maximum Gasteiger partial charge on any atom is 0.320 e. The summed E-state index contributed by atoms with van der Waals surface area (Å²) >= 11 is 0. The van der Waals surface area contributed by atoms with Crippen LogP contribution in [0, 0.1) is 20.8 Å². The Hall–Kier alpha value is -2.34. The summed E-state index contributed by atoms with van der Waals surface area (Å²) in [6.45, 7) is 8.08. The average molecular weight is 330 g/mol. The number of benzene rings is 1. The zero-order chi connectivity index (χ0) is 17.7. The number of rotatable bonds is 6. The molecule has 0 saturated carbocycles. The van der Waals surface area contributed by atoms with E-state index in [9.17, 15) is 4.79 Å². The zero-order valence-electron chi connectivity index (χ0n) is 14.8. The van der Waals surface area contributed by atoms with Gasteiger partial charge in [-0.3, -0.25) is 5.32 Å².